The highest BCUT2D eigenvalue weighted by molar-refractivity contribution is 5.86. The lowest BCUT2D eigenvalue weighted by Crippen LogP contribution is -2.56. The van der Waals surface area contributed by atoms with Crippen molar-refractivity contribution in [1.82, 2.24) is 5.32 Å². The second kappa shape index (κ2) is 7.09. The second-order valence-corrected chi connectivity index (χ2v) is 5.92. The van der Waals surface area contributed by atoms with Gasteiger partial charge in [0.15, 0.2) is 0 Å². The highest BCUT2D eigenvalue weighted by Gasteiger charge is 2.35. The van der Waals surface area contributed by atoms with Gasteiger partial charge in [-0.2, -0.15) is 0 Å². The summed E-state index contributed by atoms with van der Waals surface area (Å²) in [5, 5.41) is 3.08. The van der Waals surface area contributed by atoms with Gasteiger partial charge in [0.25, 0.3) is 0 Å². The van der Waals surface area contributed by atoms with Gasteiger partial charge in [-0.15, -0.1) is 12.4 Å². The van der Waals surface area contributed by atoms with Gasteiger partial charge in [0.2, 0.25) is 5.91 Å². The zero-order chi connectivity index (χ0) is 13.9. The Hall–Kier alpha value is -1.06. The summed E-state index contributed by atoms with van der Waals surface area (Å²) in [6.45, 7) is 3.87. The highest BCUT2D eigenvalue weighted by Crippen LogP contribution is 2.36. The largest absolute Gasteiger partial charge is 0.352 e. The van der Waals surface area contributed by atoms with E-state index in [-0.39, 0.29) is 24.4 Å². The number of carbonyl (C=O) groups is 1. The quantitative estimate of drug-likeness (QED) is 0.877. The zero-order valence-electron chi connectivity index (χ0n) is 12.3. The third-order valence-corrected chi connectivity index (χ3v) is 4.03. The summed E-state index contributed by atoms with van der Waals surface area (Å²) in [7, 11) is 0. The molecule has 20 heavy (non-hydrogen) atoms. The summed E-state index contributed by atoms with van der Waals surface area (Å²) in [4.78, 5) is 12.1. The van der Waals surface area contributed by atoms with Gasteiger partial charge in [-0.05, 0) is 37.7 Å². The van der Waals surface area contributed by atoms with Crippen LogP contribution in [-0.4, -0.2) is 17.5 Å². The van der Waals surface area contributed by atoms with Crippen LogP contribution in [-0.2, 0) is 4.79 Å². The molecule has 1 unspecified atom stereocenters. The van der Waals surface area contributed by atoms with Crippen molar-refractivity contribution in [2.75, 3.05) is 0 Å². The van der Waals surface area contributed by atoms with Crippen LogP contribution in [0.1, 0.15) is 51.0 Å². The van der Waals surface area contributed by atoms with Crippen molar-refractivity contribution < 1.29 is 4.79 Å². The van der Waals surface area contributed by atoms with Crippen molar-refractivity contribution in [3.63, 3.8) is 0 Å². The average Bonchev–Trinajstić information content (AvgIpc) is 2.34. The Bertz CT molecular complexity index is 427. The summed E-state index contributed by atoms with van der Waals surface area (Å²) in [5.41, 5.74) is 6.67. The Kier molecular flexibility index (Phi) is 6.03. The van der Waals surface area contributed by atoms with Crippen molar-refractivity contribution in [3.8, 4) is 0 Å². The zero-order valence-corrected chi connectivity index (χ0v) is 13.1. The molecule has 4 heteroatoms. The maximum absolute atomic E-state index is 12.1. The van der Waals surface area contributed by atoms with E-state index < -0.39 is 5.54 Å². The molecular formula is C16H25ClN2O. The van der Waals surface area contributed by atoms with E-state index in [2.05, 4.69) is 29.6 Å². The molecule has 1 aliphatic rings. The normalized spacial score (nSPS) is 23.9. The number of benzene rings is 1. The summed E-state index contributed by atoms with van der Waals surface area (Å²) in [5.74, 6) is 0.576. The predicted molar refractivity (Wildman–Crippen MR) is 85.1 cm³/mol. The first kappa shape index (κ1) is 17.0. The molecule has 112 valence electrons. The summed E-state index contributed by atoms with van der Waals surface area (Å²) in [6.07, 6.45) is 3.71. The van der Waals surface area contributed by atoms with Gasteiger partial charge in [-0.25, -0.2) is 0 Å². The molecule has 2 rings (SSSR count). The number of nitrogens with one attached hydrogen (secondary N) is 1. The molecule has 1 aromatic rings. The minimum Gasteiger partial charge on any atom is -0.352 e. The summed E-state index contributed by atoms with van der Waals surface area (Å²) >= 11 is 0. The van der Waals surface area contributed by atoms with Crippen LogP contribution in [0.4, 0.5) is 0 Å². The van der Waals surface area contributed by atoms with Gasteiger partial charge >= 0.3 is 0 Å². The smallest absolute Gasteiger partial charge is 0.240 e. The molecule has 3 N–H and O–H groups in total. The van der Waals surface area contributed by atoms with Crippen LogP contribution in [0.2, 0.25) is 0 Å². The number of carbonyl (C=O) groups excluding carboxylic acids is 1. The number of rotatable bonds is 5. The van der Waals surface area contributed by atoms with E-state index in [0.717, 1.165) is 25.7 Å². The van der Waals surface area contributed by atoms with Gasteiger partial charge in [-0.3, -0.25) is 4.79 Å². The number of hydrogen-bond acceptors (Lipinski definition) is 2. The lowest BCUT2D eigenvalue weighted by Gasteiger charge is -2.38. The first-order valence-electron chi connectivity index (χ1n) is 7.17. The molecule has 1 atom stereocenters. The molecule has 1 fully saturated rings. The molecule has 0 spiro atoms. The van der Waals surface area contributed by atoms with Crippen LogP contribution in [0.25, 0.3) is 0 Å². The van der Waals surface area contributed by atoms with Crippen molar-refractivity contribution in [1.29, 1.82) is 0 Å². The van der Waals surface area contributed by atoms with Crippen molar-refractivity contribution in [3.05, 3.63) is 35.9 Å². The first-order valence-corrected chi connectivity index (χ1v) is 7.17. The fourth-order valence-electron chi connectivity index (χ4n) is 2.72. The Morgan fingerprint density at radius 1 is 1.35 bits per heavy atom. The third-order valence-electron chi connectivity index (χ3n) is 4.03. The van der Waals surface area contributed by atoms with E-state index in [1.54, 1.807) is 0 Å². The van der Waals surface area contributed by atoms with Crippen LogP contribution in [0, 0.1) is 0 Å². The fraction of sp³-hybridized carbons (Fsp3) is 0.562. The Morgan fingerprint density at radius 3 is 2.50 bits per heavy atom. The van der Waals surface area contributed by atoms with Gasteiger partial charge < -0.3 is 11.1 Å². The van der Waals surface area contributed by atoms with E-state index in [4.69, 9.17) is 5.73 Å². The predicted octanol–water partition coefficient (Wildman–Crippen LogP) is 2.99. The monoisotopic (exact) mass is 296 g/mol. The lowest BCUT2D eigenvalue weighted by atomic mass is 9.75. The molecule has 1 amide bonds. The molecule has 0 bridgehead atoms. The topological polar surface area (TPSA) is 55.1 Å². The third kappa shape index (κ3) is 3.97. The molecular weight excluding hydrogens is 272 g/mol. The van der Waals surface area contributed by atoms with E-state index >= 15 is 0 Å². The minimum atomic E-state index is -0.730. The van der Waals surface area contributed by atoms with Gasteiger partial charge in [-0.1, -0.05) is 43.7 Å². The van der Waals surface area contributed by atoms with E-state index in [0.29, 0.717) is 5.92 Å². The SMILES string of the molecule is CCCC(C)(N)C(=O)NC1CC(c2ccccc2)C1.Cl. The second-order valence-electron chi connectivity index (χ2n) is 5.92. The van der Waals surface area contributed by atoms with Crippen LogP contribution >= 0.6 is 12.4 Å². The van der Waals surface area contributed by atoms with E-state index in [1.165, 1.54) is 5.56 Å². The number of nitrogens with two attached hydrogens (primary N) is 1. The first-order chi connectivity index (χ1) is 9.03. The maximum atomic E-state index is 12.1. The number of hydrogen-bond donors (Lipinski definition) is 2. The van der Waals surface area contributed by atoms with Crippen LogP contribution in [0.15, 0.2) is 30.3 Å². The van der Waals surface area contributed by atoms with Crippen molar-refractivity contribution >= 4 is 18.3 Å². The molecule has 0 heterocycles. The molecule has 0 saturated heterocycles. The molecule has 0 aliphatic heterocycles. The van der Waals surface area contributed by atoms with Gasteiger partial charge in [0, 0.05) is 6.04 Å². The molecule has 1 aromatic carbocycles. The summed E-state index contributed by atoms with van der Waals surface area (Å²) < 4.78 is 0. The standard InChI is InChI=1S/C16H24N2O.ClH/c1-3-9-16(2,17)15(19)18-14-10-13(11-14)12-7-5-4-6-8-12;/h4-8,13-14H,3,9-11,17H2,1-2H3,(H,18,19);1H. The van der Waals surface area contributed by atoms with Crippen molar-refractivity contribution in [2.24, 2.45) is 5.73 Å². The van der Waals surface area contributed by atoms with Crippen LogP contribution < -0.4 is 11.1 Å². The Labute approximate surface area is 127 Å². The van der Waals surface area contributed by atoms with Gasteiger partial charge in [0.05, 0.1) is 5.54 Å². The van der Waals surface area contributed by atoms with E-state index in [9.17, 15) is 4.79 Å². The average molecular weight is 297 g/mol. The molecule has 1 aliphatic carbocycles. The molecule has 0 aromatic heterocycles. The molecule has 1 saturated carbocycles. The van der Waals surface area contributed by atoms with E-state index in [1.807, 2.05) is 19.9 Å². The van der Waals surface area contributed by atoms with Crippen LogP contribution in [0.3, 0.4) is 0 Å². The molecule has 3 nitrogen and oxygen atoms in total. The van der Waals surface area contributed by atoms with Crippen LogP contribution in [0.5, 0.6) is 0 Å². The van der Waals surface area contributed by atoms with Gasteiger partial charge in [0.1, 0.15) is 0 Å². The summed E-state index contributed by atoms with van der Waals surface area (Å²) in [6, 6.07) is 10.8. The minimum absolute atomic E-state index is 0. The number of amides is 1. The Morgan fingerprint density at radius 2 is 1.95 bits per heavy atom. The lowest BCUT2D eigenvalue weighted by molar-refractivity contribution is -0.127. The Balaban J connectivity index is 0.00000200. The molecule has 0 radical (unpaired) electrons. The number of halogens is 1. The fourth-order valence-corrected chi connectivity index (χ4v) is 2.72. The highest BCUT2D eigenvalue weighted by atomic mass is 35.5. The van der Waals surface area contributed by atoms with Crippen molar-refractivity contribution in [2.45, 2.75) is 57.0 Å². The maximum Gasteiger partial charge on any atom is 0.240 e.